The van der Waals surface area contributed by atoms with Crippen LogP contribution in [-0.2, 0) is 9.59 Å². The van der Waals surface area contributed by atoms with E-state index in [-0.39, 0.29) is 24.9 Å². The number of aliphatic hydroxyl groups excluding tert-OH is 1. The summed E-state index contributed by atoms with van der Waals surface area (Å²) in [4.78, 5) is 36.2. The molecular weight excluding hydrogens is 472 g/mol. The molecule has 3 atom stereocenters. The van der Waals surface area contributed by atoms with Crippen molar-refractivity contribution in [3.8, 4) is 23.7 Å². The van der Waals surface area contributed by atoms with Gasteiger partial charge in [-0.15, -0.1) is 0 Å². The molecule has 194 valence electrons. The summed E-state index contributed by atoms with van der Waals surface area (Å²) < 4.78 is 0. The lowest BCUT2D eigenvalue weighted by Crippen LogP contribution is -2.51. The molecule has 9 heteroatoms. The summed E-state index contributed by atoms with van der Waals surface area (Å²) in [6.45, 7) is 2.19. The van der Waals surface area contributed by atoms with E-state index >= 15 is 0 Å². The van der Waals surface area contributed by atoms with Gasteiger partial charge in [-0.05, 0) is 86.7 Å². The summed E-state index contributed by atoms with van der Waals surface area (Å²) in [6.07, 6.45) is 1.80. The fourth-order valence-corrected chi connectivity index (χ4v) is 3.55. The van der Waals surface area contributed by atoms with Crippen molar-refractivity contribution in [3.05, 3.63) is 65.2 Å². The van der Waals surface area contributed by atoms with Gasteiger partial charge in [0.25, 0.3) is 11.8 Å². The zero-order valence-corrected chi connectivity index (χ0v) is 19.8. The maximum Gasteiger partial charge on any atom is 0.268 e. The van der Waals surface area contributed by atoms with Crippen molar-refractivity contribution >= 4 is 23.4 Å². The Hall–Kier alpha value is -4.15. The number of anilines is 1. The molecule has 1 aliphatic rings. The molecule has 2 aromatic rings. The van der Waals surface area contributed by atoms with Gasteiger partial charge in [-0.1, -0.05) is 25.7 Å². The van der Waals surface area contributed by atoms with Gasteiger partial charge >= 0.3 is 0 Å². The highest BCUT2D eigenvalue weighted by Crippen LogP contribution is 2.12. The summed E-state index contributed by atoms with van der Waals surface area (Å²) >= 11 is 0. The molecule has 1 heterocycles. The van der Waals surface area contributed by atoms with Crippen LogP contribution in [0.15, 0.2) is 48.5 Å². The van der Waals surface area contributed by atoms with Gasteiger partial charge in [0.2, 0.25) is 5.91 Å². The van der Waals surface area contributed by atoms with Crippen LogP contribution in [0.4, 0.5) is 5.69 Å². The number of hydrogen-bond acceptors (Lipinski definition) is 6. The molecule has 0 aliphatic carbocycles. The van der Waals surface area contributed by atoms with E-state index in [0.29, 0.717) is 11.3 Å². The first-order chi connectivity index (χ1) is 17.4. The maximum atomic E-state index is 12.3. The lowest BCUT2D eigenvalue weighted by atomic mass is 10.0. The molecule has 37 heavy (non-hydrogen) atoms. The average Bonchev–Trinajstić information content (AvgIpc) is 2.90. The molecule has 6 N–H and O–H groups in total. The first-order valence-corrected chi connectivity index (χ1v) is 11.6. The van der Waals surface area contributed by atoms with Crippen molar-refractivity contribution in [2.24, 2.45) is 0 Å². The Kier molecular flexibility index (Phi) is 11.3. The molecular formula is C28H32N4O5. The molecule has 0 aromatic heterocycles. The number of hydrogen-bond donors (Lipinski definition) is 6. The number of piperidine rings is 1. The van der Waals surface area contributed by atoms with Crippen LogP contribution in [0.25, 0.3) is 0 Å². The predicted octanol–water partition coefficient (Wildman–Crippen LogP) is 1.79. The normalized spacial score (nSPS) is 15.7. The Morgan fingerprint density at radius 3 is 2.08 bits per heavy atom. The molecule has 0 saturated carbocycles. The summed E-state index contributed by atoms with van der Waals surface area (Å²) in [5.41, 5.74) is 3.77. The minimum Gasteiger partial charge on any atom is -0.391 e. The van der Waals surface area contributed by atoms with Gasteiger partial charge in [-0.3, -0.25) is 19.6 Å². The van der Waals surface area contributed by atoms with Gasteiger partial charge in [-0.25, -0.2) is 5.48 Å². The Bertz CT molecular complexity index is 1200. The van der Waals surface area contributed by atoms with Gasteiger partial charge in [0.05, 0.1) is 12.1 Å². The third-order valence-corrected chi connectivity index (χ3v) is 5.56. The standard InChI is InChI=1S/C27H28N4O5.CH4/c1-18(32)24(27(35)31-36)30-25(33)21-13-9-19(10-14-21)6-2-3-7-20-11-15-22(16-12-20)29-26(34)23-8-4-5-17-28-23;/h9-16,18,23-24,28,32,36H,4-5,8,17H2,1H3,(H,29,34)(H,30,33)(H,31,35);1H4/t18-,23+,24+;/m1./s1. The van der Waals surface area contributed by atoms with Gasteiger partial charge in [0.1, 0.15) is 6.04 Å². The number of carbonyl (C=O) groups excluding carboxylic acids is 3. The SMILES string of the molecule is C.C[C@@H](O)[C@H](NC(=O)c1ccc(C#CC#Cc2ccc(NC(=O)[C@@H]3CCCCN3)cc2)cc1)C(=O)NO. The highest BCUT2D eigenvalue weighted by molar-refractivity contribution is 5.97. The molecule has 1 aliphatic heterocycles. The minimum atomic E-state index is -1.29. The quantitative estimate of drug-likeness (QED) is 0.201. The van der Waals surface area contributed by atoms with E-state index in [9.17, 15) is 19.5 Å². The molecule has 0 spiro atoms. The van der Waals surface area contributed by atoms with E-state index in [1.165, 1.54) is 24.5 Å². The van der Waals surface area contributed by atoms with Crippen LogP contribution in [0.3, 0.4) is 0 Å². The maximum absolute atomic E-state index is 12.3. The molecule has 0 unspecified atom stereocenters. The van der Waals surface area contributed by atoms with Crippen LogP contribution >= 0.6 is 0 Å². The van der Waals surface area contributed by atoms with Gasteiger partial charge in [0.15, 0.2) is 0 Å². The van der Waals surface area contributed by atoms with E-state index in [1.807, 2.05) is 12.1 Å². The van der Waals surface area contributed by atoms with Crippen LogP contribution < -0.4 is 21.4 Å². The lowest BCUT2D eigenvalue weighted by molar-refractivity contribution is -0.133. The highest BCUT2D eigenvalue weighted by atomic mass is 16.5. The van der Waals surface area contributed by atoms with Crippen LogP contribution in [0, 0.1) is 23.7 Å². The van der Waals surface area contributed by atoms with Crippen molar-refractivity contribution in [2.45, 2.75) is 51.8 Å². The van der Waals surface area contributed by atoms with Crippen molar-refractivity contribution in [1.82, 2.24) is 16.1 Å². The predicted molar refractivity (Wildman–Crippen MR) is 141 cm³/mol. The number of rotatable bonds is 6. The fourth-order valence-electron chi connectivity index (χ4n) is 3.55. The Morgan fingerprint density at radius 1 is 0.973 bits per heavy atom. The Morgan fingerprint density at radius 2 is 1.57 bits per heavy atom. The number of benzene rings is 2. The molecule has 3 amide bonds. The Labute approximate surface area is 217 Å². The fraction of sp³-hybridized carbons (Fsp3) is 0.321. The number of carbonyl (C=O) groups is 3. The second-order valence-electron chi connectivity index (χ2n) is 8.31. The summed E-state index contributed by atoms with van der Waals surface area (Å²) in [5.74, 6) is 9.82. The molecule has 0 radical (unpaired) electrons. The topological polar surface area (TPSA) is 140 Å². The van der Waals surface area contributed by atoms with E-state index in [0.717, 1.165) is 31.4 Å². The minimum absolute atomic E-state index is 0. The van der Waals surface area contributed by atoms with Crippen molar-refractivity contribution in [1.29, 1.82) is 0 Å². The molecule has 3 rings (SSSR count). The summed E-state index contributed by atoms with van der Waals surface area (Å²) in [7, 11) is 0. The summed E-state index contributed by atoms with van der Waals surface area (Å²) in [6, 6.07) is 12.1. The molecule has 0 bridgehead atoms. The number of hydroxylamine groups is 1. The second-order valence-corrected chi connectivity index (χ2v) is 8.31. The van der Waals surface area contributed by atoms with E-state index < -0.39 is 24.0 Å². The molecule has 2 aromatic carbocycles. The summed E-state index contributed by atoms with van der Waals surface area (Å²) in [5, 5.41) is 26.8. The van der Waals surface area contributed by atoms with Crippen molar-refractivity contribution in [2.75, 3.05) is 11.9 Å². The number of amides is 3. The van der Waals surface area contributed by atoms with Crippen molar-refractivity contribution in [3.63, 3.8) is 0 Å². The number of aliphatic hydroxyl groups is 1. The monoisotopic (exact) mass is 504 g/mol. The van der Waals surface area contributed by atoms with Crippen molar-refractivity contribution < 1.29 is 24.7 Å². The molecule has 1 fully saturated rings. The van der Waals surface area contributed by atoms with E-state index in [4.69, 9.17) is 5.21 Å². The average molecular weight is 505 g/mol. The van der Waals surface area contributed by atoms with Gasteiger partial charge in [0, 0.05) is 22.4 Å². The third-order valence-electron chi connectivity index (χ3n) is 5.56. The van der Waals surface area contributed by atoms with Crippen LogP contribution in [-0.4, -0.2) is 52.8 Å². The van der Waals surface area contributed by atoms with Crippen LogP contribution in [0.2, 0.25) is 0 Å². The number of nitrogens with one attached hydrogen (secondary N) is 4. The highest BCUT2D eigenvalue weighted by Gasteiger charge is 2.25. The van der Waals surface area contributed by atoms with Crippen LogP contribution in [0.1, 0.15) is 55.1 Å². The molecule has 1 saturated heterocycles. The molecule has 9 nitrogen and oxygen atoms in total. The van der Waals surface area contributed by atoms with Gasteiger partial charge < -0.3 is 21.1 Å². The largest absolute Gasteiger partial charge is 0.391 e. The zero-order valence-electron chi connectivity index (χ0n) is 19.8. The van der Waals surface area contributed by atoms with Crippen LogP contribution in [0.5, 0.6) is 0 Å². The zero-order chi connectivity index (χ0) is 25.9. The first kappa shape index (κ1) is 29.1. The Balaban J connectivity index is 0.00000481. The second kappa shape index (κ2) is 14.4. The first-order valence-electron chi connectivity index (χ1n) is 11.6. The smallest absolute Gasteiger partial charge is 0.268 e. The van der Waals surface area contributed by atoms with E-state index in [2.05, 4.69) is 39.6 Å². The lowest BCUT2D eigenvalue weighted by Gasteiger charge is -2.22. The third kappa shape index (κ3) is 8.78. The van der Waals surface area contributed by atoms with E-state index in [1.54, 1.807) is 24.3 Å². The van der Waals surface area contributed by atoms with Gasteiger partial charge in [-0.2, -0.15) is 0 Å².